The highest BCUT2D eigenvalue weighted by Crippen LogP contribution is 2.29. The van der Waals surface area contributed by atoms with E-state index >= 15 is 0 Å². The van der Waals surface area contributed by atoms with Crippen molar-refractivity contribution in [3.8, 4) is 0 Å². The van der Waals surface area contributed by atoms with Gasteiger partial charge in [0, 0.05) is 13.1 Å². The maximum Gasteiger partial charge on any atom is 0.0637 e. The molecule has 0 aliphatic heterocycles. The van der Waals surface area contributed by atoms with E-state index in [0.717, 1.165) is 24.5 Å². The molecule has 0 amide bonds. The Morgan fingerprint density at radius 1 is 1.19 bits per heavy atom. The van der Waals surface area contributed by atoms with E-state index in [1.807, 2.05) is 24.3 Å². The smallest absolute Gasteiger partial charge is 0.0637 e. The van der Waals surface area contributed by atoms with Crippen LogP contribution in [0.5, 0.6) is 0 Å². The molecule has 0 fully saturated rings. The van der Waals surface area contributed by atoms with Crippen molar-refractivity contribution in [1.29, 1.82) is 0 Å². The summed E-state index contributed by atoms with van der Waals surface area (Å²) in [6.45, 7) is 13.3. The van der Waals surface area contributed by atoms with Gasteiger partial charge in [-0.05, 0) is 31.0 Å². The maximum absolute atomic E-state index is 6.04. The van der Waals surface area contributed by atoms with Gasteiger partial charge in [0.15, 0.2) is 0 Å². The molecule has 2 N–H and O–H groups in total. The summed E-state index contributed by atoms with van der Waals surface area (Å²) in [6, 6.07) is 4.00. The lowest BCUT2D eigenvalue weighted by molar-refractivity contribution is 0.949. The first kappa shape index (κ1) is 12.4. The SMILES string of the molecule is C=CCN(CC=C)c1c(N)ccc(C)c1C. The topological polar surface area (TPSA) is 29.3 Å². The summed E-state index contributed by atoms with van der Waals surface area (Å²) >= 11 is 0. The predicted molar refractivity (Wildman–Crippen MR) is 72.9 cm³/mol. The molecule has 0 aliphatic carbocycles. The van der Waals surface area contributed by atoms with E-state index in [1.54, 1.807) is 0 Å². The van der Waals surface area contributed by atoms with E-state index in [4.69, 9.17) is 5.73 Å². The van der Waals surface area contributed by atoms with Gasteiger partial charge in [-0.3, -0.25) is 0 Å². The molecule has 0 atom stereocenters. The fourth-order valence-corrected chi connectivity index (χ4v) is 1.81. The summed E-state index contributed by atoms with van der Waals surface area (Å²) in [5, 5.41) is 0. The molecule has 2 heteroatoms. The Labute approximate surface area is 98.1 Å². The number of rotatable bonds is 5. The fourth-order valence-electron chi connectivity index (χ4n) is 1.81. The first-order valence-electron chi connectivity index (χ1n) is 5.44. The standard InChI is InChI=1S/C14H20N2/c1-5-9-16(10-6-2)14-12(4)11(3)7-8-13(14)15/h5-8H,1-2,9-10,15H2,3-4H3. The van der Waals surface area contributed by atoms with Crippen LogP contribution >= 0.6 is 0 Å². The van der Waals surface area contributed by atoms with Crippen LogP contribution in [0.1, 0.15) is 11.1 Å². The van der Waals surface area contributed by atoms with Crippen molar-refractivity contribution in [3.05, 3.63) is 48.6 Å². The molecule has 0 aromatic heterocycles. The van der Waals surface area contributed by atoms with Crippen molar-refractivity contribution in [2.75, 3.05) is 23.7 Å². The minimum Gasteiger partial charge on any atom is -0.397 e. The van der Waals surface area contributed by atoms with Gasteiger partial charge in [-0.1, -0.05) is 18.2 Å². The number of benzene rings is 1. The van der Waals surface area contributed by atoms with E-state index in [9.17, 15) is 0 Å². The highest BCUT2D eigenvalue weighted by atomic mass is 15.1. The normalized spacial score (nSPS) is 9.88. The fraction of sp³-hybridized carbons (Fsp3) is 0.286. The monoisotopic (exact) mass is 216 g/mol. The van der Waals surface area contributed by atoms with Gasteiger partial charge in [-0.25, -0.2) is 0 Å². The highest BCUT2D eigenvalue weighted by Gasteiger charge is 2.11. The van der Waals surface area contributed by atoms with Crippen LogP contribution in [-0.2, 0) is 0 Å². The Morgan fingerprint density at radius 3 is 2.25 bits per heavy atom. The van der Waals surface area contributed by atoms with Gasteiger partial charge < -0.3 is 10.6 Å². The van der Waals surface area contributed by atoms with E-state index in [2.05, 4.69) is 31.9 Å². The number of hydrogen-bond acceptors (Lipinski definition) is 2. The highest BCUT2D eigenvalue weighted by molar-refractivity contribution is 5.73. The summed E-state index contributed by atoms with van der Waals surface area (Å²) in [6.07, 6.45) is 3.76. The molecule has 2 nitrogen and oxygen atoms in total. The van der Waals surface area contributed by atoms with Gasteiger partial charge in [-0.2, -0.15) is 0 Å². The molecule has 0 aliphatic rings. The molecular weight excluding hydrogens is 196 g/mol. The zero-order valence-electron chi connectivity index (χ0n) is 10.2. The quantitative estimate of drug-likeness (QED) is 0.605. The first-order valence-corrected chi connectivity index (χ1v) is 5.44. The largest absolute Gasteiger partial charge is 0.397 e. The number of anilines is 2. The Balaban J connectivity index is 3.21. The summed E-state index contributed by atoms with van der Waals surface area (Å²) in [5.41, 5.74) is 10.4. The van der Waals surface area contributed by atoms with Gasteiger partial charge >= 0.3 is 0 Å². The van der Waals surface area contributed by atoms with Crippen LogP contribution in [0.2, 0.25) is 0 Å². The van der Waals surface area contributed by atoms with Crippen molar-refractivity contribution in [2.24, 2.45) is 0 Å². The van der Waals surface area contributed by atoms with Gasteiger partial charge in [0.2, 0.25) is 0 Å². The van der Waals surface area contributed by atoms with Crippen LogP contribution in [-0.4, -0.2) is 13.1 Å². The molecule has 0 saturated heterocycles. The lowest BCUT2D eigenvalue weighted by Gasteiger charge is -2.26. The van der Waals surface area contributed by atoms with E-state index in [0.29, 0.717) is 0 Å². The molecule has 0 radical (unpaired) electrons. The summed E-state index contributed by atoms with van der Waals surface area (Å²) < 4.78 is 0. The number of nitrogens with zero attached hydrogens (tertiary/aromatic N) is 1. The molecule has 0 saturated carbocycles. The third-order valence-corrected chi connectivity index (χ3v) is 2.75. The molecule has 86 valence electrons. The lowest BCUT2D eigenvalue weighted by Crippen LogP contribution is -2.25. The Morgan fingerprint density at radius 2 is 1.75 bits per heavy atom. The Kier molecular flexibility index (Phi) is 4.18. The third-order valence-electron chi connectivity index (χ3n) is 2.75. The van der Waals surface area contributed by atoms with Gasteiger partial charge in [-0.15, -0.1) is 13.2 Å². The average molecular weight is 216 g/mol. The predicted octanol–water partition coefficient (Wildman–Crippen LogP) is 3.06. The number of nitrogens with two attached hydrogens (primary N) is 1. The molecule has 0 bridgehead atoms. The van der Waals surface area contributed by atoms with Crippen LogP contribution in [0.15, 0.2) is 37.4 Å². The van der Waals surface area contributed by atoms with Crippen LogP contribution in [0.3, 0.4) is 0 Å². The summed E-state index contributed by atoms with van der Waals surface area (Å²) in [7, 11) is 0. The van der Waals surface area contributed by atoms with E-state index in [-0.39, 0.29) is 0 Å². The zero-order chi connectivity index (χ0) is 12.1. The van der Waals surface area contributed by atoms with Gasteiger partial charge in [0.1, 0.15) is 0 Å². The van der Waals surface area contributed by atoms with Crippen LogP contribution in [0.4, 0.5) is 11.4 Å². The average Bonchev–Trinajstić information content (AvgIpc) is 2.25. The van der Waals surface area contributed by atoms with Crippen molar-refractivity contribution in [1.82, 2.24) is 0 Å². The lowest BCUT2D eigenvalue weighted by atomic mass is 10.1. The second kappa shape index (κ2) is 5.40. The minimum atomic E-state index is 0.778. The van der Waals surface area contributed by atoms with Gasteiger partial charge in [0.05, 0.1) is 11.4 Å². The van der Waals surface area contributed by atoms with Crippen molar-refractivity contribution in [2.45, 2.75) is 13.8 Å². The van der Waals surface area contributed by atoms with Crippen molar-refractivity contribution < 1.29 is 0 Å². The zero-order valence-corrected chi connectivity index (χ0v) is 10.2. The molecule has 0 spiro atoms. The number of nitrogen functional groups attached to an aromatic ring is 1. The van der Waals surface area contributed by atoms with Gasteiger partial charge in [0.25, 0.3) is 0 Å². The number of aryl methyl sites for hydroxylation is 1. The van der Waals surface area contributed by atoms with E-state index in [1.165, 1.54) is 11.1 Å². The van der Waals surface area contributed by atoms with Crippen LogP contribution in [0.25, 0.3) is 0 Å². The molecule has 1 aromatic rings. The maximum atomic E-state index is 6.04. The minimum absolute atomic E-state index is 0.778. The molecule has 1 aromatic carbocycles. The van der Waals surface area contributed by atoms with Crippen LogP contribution in [0, 0.1) is 13.8 Å². The Bertz CT molecular complexity index is 384. The van der Waals surface area contributed by atoms with Crippen molar-refractivity contribution >= 4 is 11.4 Å². The third kappa shape index (κ3) is 2.45. The van der Waals surface area contributed by atoms with Crippen LogP contribution < -0.4 is 10.6 Å². The first-order chi connectivity index (χ1) is 7.61. The molecular formula is C14H20N2. The Hall–Kier alpha value is -1.70. The summed E-state index contributed by atoms with van der Waals surface area (Å²) in [5.74, 6) is 0. The number of hydrogen-bond donors (Lipinski definition) is 1. The summed E-state index contributed by atoms with van der Waals surface area (Å²) in [4.78, 5) is 2.18. The second-order valence-electron chi connectivity index (χ2n) is 3.93. The molecule has 0 heterocycles. The molecule has 0 unspecified atom stereocenters. The van der Waals surface area contributed by atoms with E-state index < -0.39 is 0 Å². The molecule has 16 heavy (non-hydrogen) atoms. The van der Waals surface area contributed by atoms with Crippen molar-refractivity contribution in [3.63, 3.8) is 0 Å². The molecule has 1 rings (SSSR count). The second-order valence-corrected chi connectivity index (χ2v) is 3.93.